The van der Waals surface area contributed by atoms with Gasteiger partial charge in [0, 0.05) is 44.6 Å². The molecule has 1 amide bonds. The van der Waals surface area contributed by atoms with Crippen LogP contribution in [0.1, 0.15) is 28.9 Å². The Bertz CT molecular complexity index is 946. The number of aromatic nitrogens is 3. The van der Waals surface area contributed by atoms with Gasteiger partial charge in [-0.15, -0.1) is 0 Å². The van der Waals surface area contributed by atoms with Crippen molar-refractivity contribution >= 4 is 17.1 Å². The van der Waals surface area contributed by atoms with Crippen LogP contribution in [0.2, 0.25) is 0 Å². The van der Waals surface area contributed by atoms with E-state index in [9.17, 15) is 4.79 Å². The number of hydrogen-bond acceptors (Lipinski definition) is 5. The zero-order valence-electron chi connectivity index (χ0n) is 16.9. The van der Waals surface area contributed by atoms with E-state index in [0.29, 0.717) is 12.1 Å². The molecular formula is C22H28N6O. The van der Waals surface area contributed by atoms with Gasteiger partial charge in [-0.1, -0.05) is 6.07 Å². The van der Waals surface area contributed by atoms with E-state index >= 15 is 0 Å². The predicted octanol–water partition coefficient (Wildman–Crippen LogP) is 2.37. The minimum absolute atomic E-state index is 0.0457. The summed E-state index contributed by atoms with van der Waals surface area (Å²) in [6, 6.07) is 9.98. The summed E-state index contributed by atoms with van der Waals surface area (Å²) in [5, 5.41) is 7.35. The molecule has 0 unspecified atom stereocenters. The SMILES string of the molecule is Cc1cccc2c(C(=O)NCCCCN3CCN(c4cccnc4)CC3)cnn12. The molecule has 29 heavy (non-hydrogen) atoms. The Labute approximate surface area is 171 Å². The molecule has 7 heteroatoms. The summed E-state index contributed by atoms with van der Waals surface area (Å²) in [5.74, 6) is -0.0457. The van der Waals surface area contributed by atoms with Crippen molar-refractivity contribution in [2.45, 2.75) is 19.8 Å². The van der Waals surface area contributed by atoms with Crippen molar-refractivity contribution in [3.05, 3.63) is 60.2 Å². The third-order valence-corrected chi connectivity index (χ3v) is 5.55. The first-order valence-electron chi connectivity index (χ1n) is 10.3. The number of fused-ring (bicyclic) bond motifs is 1. The minimum atomic E-state index is -0.0457. The quantitative estimate of drug-likeness (QED) is 0.626. The Morgan fingerprint density at radius 3 is 2.72 bits per heavy atom. The smallest absolute Gasteiger partial charge is 0.255 e. The molecule has 0 saturated carbocycles. The lowest BCUT2D eigenvalue weighted by molar-refractivity contribution is 0.0954. The van der Waals surface area contributed by atoms with Crippen LogP contribution in [-0.2, 0) is 0 Å². The van der Waals surface area contributed by atoms with Crippen LogP contribution in [-0.4, -0.2) is 64.7 Å². The second-order valence-corrected chi connectivity index (χ2v) is 7.53. The predicted molar refractivity (Wildman–Crippen MR) is 114 cm³/mol. The molecular weight excluding hydrogens is 364 g/mol. The van der Waals surface area contributed by atoms with E-state index in [1.807, 2.05) is 43.6 Å². The molecule has 1 aliphatic rings. The van der Waals surface area contributed by atoms with Crippen LogP contribution in [0.5, 0.6) is 0 Å². The maximum atomic E-state index is 12.5. The number of aryl methyl sites for hydroxylation is 1. The van der Waals surface area contributed by atoms with Gasteiger partial charge in [-0.05, 0) is 50.6 Å². The van der Waals surface area contributed by atoms with E-state index in [0.717, 1.165) is 56.8 Å². The summed E-state index contributed by atoms with van der Waals surface area (Å²) in [5.41, 5.74) is 3.72. The molecule has 0 bridgehead atoms. The van der Waals surface area contributed by atoms with Crippen molar-refractivity contribution in [1.82, 2.24) is 24.8 Å². The first-order chi connectivity index (χ1) is 14.2. The number of piperazine rings is 1. The number of carbonyl (C=O) groups is 1. The molecule has 1 aliphatic heterocycles. The van der Waals surface area contributed by atoms with E-state index in [2.05, 4.69) is 31.3 Å². The number of unbranched alkanes of at least 4 members (excludes halogenated alkanes) is 1. The van der Waals surface area contributed by atoms with Gasteiger partial charge in [0.2, 0.25) is 0 Å². The van der Waals surface area contributed by atoms with Crippen molar-refractivity contribution in [2.75, 3.05) is 44.2 Å². The summed E-state index contributed by atoms with van der Waals surface area (Å²) in [6.45, 7) is 7.97. The van der Waals surface area contributed by atoms with Gasteiger partial charge in [-0.2, -0.15) is 5.10 Å². The molecule has 0 spiro atoms. The molecule has 3 aromatic rings. The fraction of sp³-hybridized carbons (Fsp3) is 0.409. The molecule has 4 rings (SSSR count). The van der Waals surface area contributed by atoms with E-state index in [4.69, 9.17) is 0 Å². The second kappa shape index (κ2) is 9.05. The Balaban J connectivity index is 1.16. The Kier molecular flexibility index (Phi) is 6.05. The molecule has 4 heterocycles. The summed E-state index contributed by atoms with van der Waals surface area (Å²) in [6.07, 6.45) is 7.46. The van der Waals surface area contributed by atoms with Crippen molar-refractivity contribution in [3.8, 4) is 0 Å². The number of carbonyl (C=O) groups excluding carboxylic acids is 1. The van der Waals surface area contributed by atoms with Gasteiger partial charge in [-0.25, -0.2) is 4.52 Å². The summed E-state index contributed by atoms with van der Waals surface area (Å²) in [7, 11) is 0. The molecule has 0 aromatic carbocycles. The van der Waals surface area contributed by atoms with Crippen molar-refractivity contribution in [1.29, 1.82) is 0 Å². The number of hydrogen-bond donors (Lipinski definition) is 1. The van der Waals surface area contributed by atoms with Crippen molar-refractivity contribution < 1.29 is 4.79 Å². The van der Waals surface area contributed by atoms with Gasteiger partial charge in [0.25, 0.3) is 5.91 Å². The van der Waals surface area contributed by atoms with Crippen molar-refractivity contribution in [3.63, 3.8) is 0 Å². The van der Waals surface area contributed by atoms with Crippen LogP contribution < -0.4 is 10.2 Å². The largest absolute Gasteiger partial charge is 0.368 e. The fourth-order valence-electron chi connectivity index (χ4n) is 3.85. The van der Waals surface area contributed by atoms with Gasteiger partial charge < -0.3 is 10.2 Å². The number of rotatable bonds is 7. The monoisotopic (exact) mass is 392 g/mol. The molecule has 3 aromatic heterocycles. The van der Waals surface area contributed by atoms with Crippen LogP contribution >= 0.6 is 0 Å². The molecule has 0 radical (unpaired) electrons. The zero-order chi connectivity index (χ0) is 20.1. The van der Waals surface area contributed by atoms with Gasteiger partial charge in [0.1, 0.15) is 0 Å². The molecule has 1 fully saturated rings. The van der Waals surface area contributed by atoms with Crippen molar-refractivity contribution in [2.24, 2.45) is 0 Å². The average molecular weight is 393 g/mol. The normalized spacial score (nSPS) is 15.0. The summed E-state index contributed by atoms with van der Waals surface area (Å²) in [4.78, 5) is 21.6. The van der Waals surface area contributed by atoms with Crippen LogP contribution in [0.4, 0.5) is 5.69 Å². The highest BCUT2D eigenvalue weighted by Gasteiger charge is 2.17. The van der Waals surface area contributed by atoms with Gasteiger partial charge in [0.15, 0.2) is 0 Å². The van der Waals surface area contributed by atoms with Crippen LogP contribution in [0.25, 0.3) is 5.52 Å². The molecule has 152 valence electrons. The zero-order valence-corrected chi connectivity index (χ0v) is 16.9. The maximum Gasteiger partial charge on any atom is 0.255 e. The minimum Gasteiger partial charge on any atom is -0.368 e. The van der Waals surface area contributed by atoms with E-state index in [1.165, 1.54) is 5.69 Å². The van der Waals surface area contributed by atoms with Gasteiger partial charge >= 0.3 is 0 Å². The number of amides is 1. The lowest BCUT2D eigenvalue weighted by atomic mass is 10.2. The second-order valence-electron chi connectivity index (χ2n) is 7.53. The fourth-order valence-corrected chi connectivity index (χ4v) is 3.85. The number of anilines is 1. The molecule has 1 saturated heterocycles. The lowest BCUT2D eigenvalue weighted by Crippen LogP contribution is -2.46. The summed E-state index contributed by atoms with van der Waals surface area (Å²) >= 11 is 0. The van der Waals surface area contributed by atoms with Gasteiger partial charge in [-0.3, -0.25) is 14.7 Å². The number of nitrogens with zero attached hydrogens (tertiary/aromatic N) is 5. The van der Waals surface area contributed by atoms with E-state index in [1.54, 1.807) is 10.7 Å². The average Bonchev–Trinajstić information content (AvgIpc) is 3.20. The maximum absolute atomic E-state index is 12.5. The topological polar surface area (TPSA) is 65.8 Å². The molecule has 0 atom stereocenters. The number of nitrogens with one attached hydrogen (secondary N) is 1. The van der Waals surface area contributed by atoms with E-state index in [-0.39, 0.29) is 5.91 Å². The number of pyridine rings is 2. The Morgan fingerprint density at radius 2 is 1.93 bits per heavy atom. The summed E-state index contributed by atoms with van der Waals surface area (Å²) < 4.78 is 1.81. The van der Waals surface area contributed by atoms with Gasteiger partial charge in [0.05, 0.1) is 29.2 Å². The van der Waals surface area contributed by atoms with E-state index < -0.39 is 0 Å². The third kappa shape index (κ3) is 4.56. The highest BCUT2D eigenvalue weighted by Crippen LogP contribution is 2.15. The lowest BCUT2D eigenvalue weighted by Gasteiger charge is -2.35. The van der Waals surface area contributed by atoms with Crippen LogP contribution in [0.15, 0.2) is 48.9 Å². The Hall–Kier alpha value is -2.93. The molecule has 1 N–H and O–H groups in total. The third-order valence-electron chi connectivity index (χ3n) is 5.55. The Morgan fingerprint density at radius 1 is 1.07 bits per heavy atom. The molecule has 7 nitrogen and oxygen atoms in total. The first kappa shape index (κ1) is 19.4. The molecule has 0 aliphatic carbocycles. The van der Waals surface area contributed by atoms with Crippen LogP contribution in [0.3, 0.4) is 0 Å². The highest BCUT2D eigenvalue weighted by atomic mass is 16.1. The standard InChI is InChI=1S/C22H28N6O/c1-18-6-4-8-21-20(17-25-28(18)21)22(29)24-10-2-3-11-26-12-14-27(15-13-26)19-7-5-9-23-16-19/h4-9,16-17H,2-3,10-15H2,1H3,(H,24,29). The highest BCUT2D eigenvalue weighted by molar-refractivity contribution is 6.00. The van der Waals surface area contributed by atoms with Crippen LogP contribution in [0, 0.1) is 6.92 Å². The first-order valence-corrected chi connectivity index (χ1v) is 10.3.